The predicted molar refractivity (Wildman–Crippen MR) is 83.5 cm³/mol. The SMILES string of the molecule is CS(=O)(=O)c1ncc(COc2ccc(-c3cnc[nH]3)cc2)cn1. The summed E-state index contributed by atoms with van der Waals surface area (Å²) in [5, 5.41) is -0.190. The number of nitrogens with one attached hydrogen (secondary N) is 1. The van der Waals surface area contributed by atoms with E-state index in [0.717, 1.165) is 17.5 Å². The second kappa shape index (κ2) is 6.17. The van der Waals surface area contributed by atoms with Crippen molar-refractivity contribution in [3.8, 4) is 17.0 Å². The maximum Gasteiger partial charge on any atom is 0.246 e. The minimum absolute atomic E-state index is 0.190. The van der Waals surface area contributed by atoms with Crippen molar-refractivity contribution in [1.29, 1.82) is 0 Å². The smallest absolute Gasteiger partial charge is 0.246 e. The van der Waals surface area contributed by atoms with Gasteiger partial charge in [-0.15, -0.1) is 0 Å². The standard InChI is InChI=1S/C15H14N4O3S/c1-23(20,21)15-17-6-11(7-18-15)9-22-13-4-2-12(3-5-13)14-8-16-10-19-14/h2-8,10H,9H2,1H3,(H,16,19). The van der Waals surface area contributed by atoms with Gasteiger partial charge < -0.3 is 9.72 Å². The van der Waals surface area contributed by atoms with Gasteiger partial charge in [-0.3, -0.25) is 0 Å². The van der Waals surface area contributed by atoms with Gasteiger partial charge in [-0.1, -0.05) is 0 Å². The molecule has 0 radical (unpaired) electrons. The lowest BCUT2D eigenvalue weighted by molar-refractivity contribution is 0.305. The second-order valence-corrected chi connectivity index (χ2v) is 6.83. The Kier molecular flexibility index (Phi) is 4.07. The van der Waals surface area contributed by atoms with Crippen LogP contribution in [-0.2, 0) is 16.4 Å². The number of hydrogen-bond acceptors (Lipinski definition) is 6. The van der Waals surface area contributed by atoms with Crippen molar-refractivity contribution in [3.05, 3.63) is 54.7 Å². The van der Waals surface area contributed by atoms with E-state index in [1.807, 2.05) is 24.3 Å². The molecule has 0 bridgehead atoms. The molecule has 0 aliphatic carbocycles. The zero-order valence-corrected chi connectivity index (χ0v) is 13.1. The van der Waals surface area contributed by atoms with Crippen LogP contribution in [0.5, 0.6) is 5.75 Å². The number of H-pyrrole nitrogens is 1. The number of imidazole rings is 1. The maximum atomic E-state index is 11.3. The van der Waals surface area contributed by atoms with E-state index in [1.165, 1.54) is 12.4 Å². The molecule has 0 amide bonds. The van der Waals surface area contributed by atoms with Gasteiger partial charge >= 0.3 is 0 Å². The molecule has 0 atom stereocenters. The van der Waals surface area contributed by atoms with Gasteiger partial charge in [0, 0.05) is 24.2 Å². The van der Waals surface area contributed by atoms with Gasteiger partial charge in [0.1, 0.15) is 12.4 Å². The highest BCUT2D eigenvalue weighted by Gasteiger charge is 2.10. The Morgan fingerprint density at radius 2 is 1.78 bits per heavy atom. The molecule has 2 heterocycles. The summed E-state index contributed by atoms with van der Waals surface area (Å²) in [4.78, 5) is 14.6. The van der Waals surface area contributed by atoms with Crippen LogP contribution >= 0.6 is 0 Å². The Labute approximate surface area is 133 Å². The van der Waals surface area contributed by atoms with Gasteiger partial charge in [-0.05, 0) is 29.8 Å². The van der Waals surface area contributed by atoms with Crippen molar-refractivity contribution >= 4 is 9.84 Å². The van der Waals surface area contributed by atoms with E-state index in [0.29, 0.717) is 11.3 Å². The topological polar surface area (TPSA) is 97.8 Å². The monoisotopic (exact) mass is 330 g/mol. The fourth-order valence-electron chi connectivity index (χ4n) is 1.92. The van der Waals surface area contributed by atoms with E-state index >= 15 is 0 Å². The lowest BCUT2D eigenvalue weighted by atomic mass is 10.2. The van der Waals surface area contributed by atoms with Crippen LogP contribution in [-0.4, -0.2) is 34.6 Å². The molecule has 1 aromatic carbocycles. The summed E-state index contributed by atoms with van der Waals surface area (Å²) in [6.45, 7) is 0.257. The molecule has 23 heavy (non-hydrogen) atoms. The Bertz CT molecular complexity index is 873. The third-order valence-corrected chi connectivity index (χ3v) is 3.96. The number of aromatic amines is 1. The summed E-state index contributed by atoms with van der Waals surface area (Å²) in [6, 6.07) is 7.54. The van der Waals surface area contributed by atoms with Crippen molar-refractivity contribution in [2.24, 2.45) is 0 Å². The van der Waals surface area contributed by atoms with E-state index in [9.17, 15) is 8.42 Å². The zero-order chi connectivity index (χ0) is 16.3. The molecule has 0 saturated carbocycles. The average molecular weight is 330 g/mol. The Morgan fingerprint density at radius 3 is 2.35 bits per heavy atom. The molecule has 2 aromatic heterocycles. The predicted octanol–water partition coefficient (Wildman–Crippen LogP) is 1.85. The number of rotatable bonds is 5. The molecule has 3 aromatic rings. The summed E-state index contributed by atoms with van der Waals surface area (Å²) < 4.78 is 28.2. The summed E-state index contributed by atoms with van der Waals surface area (Å²) in [6.07, 6.45) is 7.33. The van der Waals surface area contributed by atoms with Gasteiger partial charge in [0.25, 0.3) is 0 Å². The minimum Gasteiger partial charge on any atom is -0.489 e. The van der Waals surface area contributed by atoms with Crippen LogP contribution in [0.1, 0.15) is 5.56 Å². The van der Waals surface area contributed by atoms with Gasteiger partial charge in [0.05, 0.1) is 18.2 Å². The summed E-state index contributed by atoms with van der Waals surface area (Å²) in [5.41, 5.74) is 2.63. The Hall–Kier alpha value is -2.74. The fourth-order valence-corrected chi connectivity index (χ4v) is 2.41. The molecular weight excluding hydrogens is 316 g/mol. The van der Waals surface area contributed by atoms with Crippen molar-refractivity contribution in [2.45, 2.75) is 11.8 Å². The molecule has 7 nitrogen and oxygen atoms in total. The van der Waals surface area contributed by atoms with Gasteiger partial charge in [-0.25, -0.2) is 23.4 Å². The van der Waals surface area contributed by atoms with Crippen LogP contribution in [0.4, 0.5) is 0 Å². The van der Waals surface area contributed by atoms with Gasteiger partial charge in [-0.2, -0.15) is 0 Å². The highest BCUT2D eigenvalue weighted by Crippen LogP contribution is 2.20. The van der Waals surface area contributed by atoms with Crippen molar-refractivity contribution in [3.63, 3.8) is 0 Å². The minimum atomic E-state index is -3.38. The Morgan fingerprint density at radius 1 is 1.09 bits per heavy atom. The highest BCUT2D eigenvalue weighted by atomic mass is 32.2. The third-order valence-electron chi connectivity index (χ3n) is 3.08. The zero-order valence-electron chi connectivity index (χ0n) is 12.3. The van der Waals surface area contributed by atoms with E-state index in [2.05, 4.69) is 19.9 Å². The maximum absolute atomic E-state index is 11.3. The molecule has 0 spiro atoms. The van der Waals surface area contributed by atoms with Gasteiger partial charge in [0.15, 0.2) is 0 Å². The van der Waals surface area contributed by atoms with Crippen molar-refractivity contribution in [1.82, 2.24) is 19.9 Å². The van der Waals surface area contributed by atoms with Crippen LogP contribution in [0.25, 0.3) is 11.3 Å². The highest BCUT2D eigenvalue weighted by molar-refractivity contribution is 7.90. The fraction of sp³-hybridized carbons (Fsp3) is 0.133. The molecule has 0 aliphatic rings. The number of ether oxygens (including phenoxy) is 1. The van der Waals surface area contributed by atoms with Crippen molar-refractivity contribution < 1.29 is 13.2 Å². The van der Waals surface area contributed by atoms with E-state index in [1.54, 1.807) is 12.5 Å². The molecule has 0 unspecified atom stereocenters. The first kappa shape index (κ1) is 15.2. The molecule has 0 fully saturated rings. The van der Waals surface area contributed by atoms with E-state index in [4.69, 9.17) is 4.74 Å². The normalized spacial score (nSPS) is 11.3. The molecular formula is C15H14N4O3S. The quantitative estimate of drug-likeness (QED) is 0.717. The molecule has 8 heteroatoms. The lowest BCUT2D eigenvalue weighted by Crippen LogP contribution is -2.05. The lowest BCUT2D eigenvalue weighted by Gasteiger charge is -2.07. The largest absolute Gasteiger partial charge is 0.489 e. The molecule has 0 aliphatic heterocycles. The molecule has 0 saturated heterocycles. The Balaban J connectivity index is 1.64. The number of benzene rings is 1. The van der Waals surface area contributed by atoms with Crippen LogP contribution in [0.3, 0.4) is 0 Å². The number of sulfone groups is 1. The summed E-state index contributed by atoms with van der Waals surface area (Å²) >= 11 is 0. The van der Waals surface area contributed by atoms with E-state index in [-0.39, 0.29) is 11.8 Å². The van der Waals surface area contributed by atoms with Crippen LogP contribution in [0.2, 0.25) is 0 Å². The van der Waals surface area contributed by atoms with Gasteiger partial charge in [0.2, 0.25) is 15.0 Å². The molecule has 1 N–H and O–H groups in total. The molecule has 118 valence electrons. The summed E-state index contributed by atoms with van der Waals surface area (Å²) in [5.74, 6) is 0.695. The third kappa shape index (κ3) is 3.72. The van der Waals surface area contributed by atoms with Crippen LogP contribution < -0.4 is 4.74 Å². The average Bonchev–Trinajstić information content (AvgIpc) is 3.07. The van der Waals surface area contributed by atoms with Crippen LogP contribution in [0.15, 0.2) is 54.3 Å². The first-order valence-electron chi connectivity index (χ1n) is 6.75. The van der Waals surface area contributed by atoms with Crippen molar-refractivity contribution in [2.75, 3.05) is 6.26 Å². The first-order valence-corrected chi connectivity index (χ1v) is 8.64. The van der Waals surface area contributed by atoms with Crippen LogP contribution in [0, 0.1) is 0 Å². The first-order chi connectivity index (χ1) is 11.0. The number of hydrogen-bond donors (Lipinski definition) is 1. The number of aromatic nitrogens is 4. The summed E-state index contributed by atoms with van der Waals surface area (Å²) in [7, 11) is -3.38. The second-order valence-electron chi connectivity index (χ2n) is 4.92. The molecule has 3 rings (SSSR count). The number of nitrogens with zero attached hydrogens (tertiary/aromatic N) is 3. The van der Waals surface area contributed by atoms with E-state index < -0.39 is 9.84 Å².